The molecule has 0 radical (unpaired) electrons. The first-order valence-corrected chi connectivity index (χ1v) is 8.64. The van der Waals surface area contributed by atoms with E-state index in [1.54, 1.807) is 0 Å². The standard InChI is InChI=1S/C17H26BrNO/c1-3-10-20-17-9-8-15(18)11-14(17)12-19-16-7-5-4-6-13(16)2/h8-9,11,13,16,19H,3-7,10,12H2,1-2H3. The molecule has 0 bridgehead atoms. The van der Waals surface area contributed by atoms with Crippen LogP contribution >= 0.6 is 15.9 Å². The van der Waals surface area contributed by atoms with Crippen molar-refractivity contribution in [2.75, 3.05) is 6.61 Å². The summed E-state index contributed by atoms with van der Waals surface area (Å²) in [6.45, 7) is 6.19. The molecule has 1 saturated carbocycles. The van der Waals surface area contributed by atoms with E-state index < -0.39 is 0 Å². The van der Waals surface area contributed by atoms with Crippen LogP contribution in [0.4, 0.5) is 0 Å². The molecule has 0 aliphatic heterocycles. The van der Waals surface area contributed by atoms with Gasteiger partial charge < -0.3 is 10.1 Å². The average Bonchev–Trinajstić information content (AvgIpc) is 2.45. The fourth-order valence-electron chi connectivity index (χ4n) is 2.90. The van der Waals surface area contributed by atoms with Crippen LogP contribution in [0, 0.1) is 5.92 Å². The first kappa shape index (κ1) is 15.8. The van der Waals surface area contributed by atoms with Crippen LogP contribution in [0.25, 0.3) is 0 Å². The third-order valence-electron chi connectivity index (χ3n) is 4.15. The number of benzene rings is 1. The third kappa shape index (κ3) is 4.49. The van der Waals surface area contributed by atoms with Gasteiger partial charge in [0.1, 0.15) is 5.75 Å². The number of rotatable bonds is 6. The van der Waals surface area contributed by atoms with E-state index in [0.717, 1.165) is 35.7 Å². The van der Waals surface area contributed by atoms with Gasteiger partial charge in [-0.1, -0.05) is 42.6 Å². The van der Waals surface area contributed by atoms with Crippen LogP contribution in [0.3, 0.4) is 0 Å². The molecule has 20 heavy (non-hydrogen) atoms. The Morgan fingerprint density at radius 3 is 2.85 bits per heavy atom. The van der Waals surface area contributed by atoms with E-state index in [0.29, 0.717) is 6.04 Å². The van der Waals surface area contributed by atoms with Gasteiger partial charge in [-0.05, 0) is 43.4 Å². The summed E-state index contributed by atoms with van der Waals surface area (Å²) < 4.78 is 6.97. The normalized spacial score (nSPS) is 22.8. The van der Waals surface area contributed by atoms with Crippen LogP contribution in [0.5, 0.6) is 5.75 Å². The van der Waals surface area contributed by atoms with Crippen molar-refractivity contribution in [2.24, 2.45) is 5.92 Å². The zero-order chi connectivity index (χ0) is 14.4. The molecule has 1 aromatic carbocycles. The number of halogens is 1. The number of ether oxygens (including phenoxy) is 1. The summed E-state index contributed by atoms with van der Waals surface area (Å²) in [5.74, 6) is 1.81. The molecular weight excluding hydrogens is 314 g/mol. The van der Waals surface area contributed by atoms with Gasteiger partial charge in [-0.15, -0.1) is 0 Å². The molecule has 0 amide bonds. The summed E-state index contributed by atoms with van der Waals surface area (Å²) in [7, 11) is 0. The highest BCUT2D eigenvalue weighted by atomic mass is 79.9. The van der Waals surface area contributed by atoms with Gasteiger partial charge in [0.25, 0.3) is 0 Å². The Kier molecular flexibility index (Phi) is 6.37. The van der Waals surface area contributed by atoms with Crippen molar-refractivity contribution in [1.29, 1.82) is 0 Å². The van der Waals surface area contributed by atoms with Gasteiger partial charge in [0, 0.05) is 22.6 Å². The largest absolute Gasteiger partial charge is 0.493 e. The molecule has 0 spiro atoms. The van der Waals surface area contributed by atoms with Gasteiger partial charge in [0.2, 0.25) is 0 Å². The summed E-state index contributed by atoms with van der Waals surface area (Å²) in [5.41, 5.74) is 1.26. The molecule has 1 aliphatic rings. The van der Waals surface area contributed by atoms with Crippen LogP contribution in [-0.2, 0) is 6.54 Å². The Balaban J connectivity index is 1.98. The molecule has 2 atom stereocenters. The van der Waals surface area contributed by atoms with E-state index in [2.05, 4.69) is 53.3 Å². The second kappa shape index (κ2) is 8.04. The van der Waals surface area contributed by atoms with E-state index in [1.165, 1.54) is 31.2 Å². The first-order chi connectivity index (χ1) is 9.70. The van der Waals surface area contributed by atoms with Crippen molar-refractivity contribution in [2.45, 2.75) is 58.5 Å². The van der Waals surface area contributed by atoms with Gasteiger partial charge >= 0.3 is 0 Å². The van der Waals surface area contributed by atoms with E-state index in [9.17, 15) is 0 Å². The van der Waals surface area contributed by atoms with E-state index in [1.807, 2.05) is 0 Å². The molecule has 112 valence electrons. The lowest BCUT2D eigenvalue weighted by atomic mass is 9.86. The maximum atomic E-state index is 5.85. The predicted octanol–water partition coefficient (Wildman–Crippen LogP) is 4.91. The topological polar surface area (TPSA) is 21.3 Å². The Bertz CT molecular complexity index is 421. The van der Waals surface area contributed by atoms with E-state index in [-0.39, 0.29) is 0 Å². The van der Waals surface area contributed by atoms with Crippen molar-refractivity contribution in [1.82, 2.24) is 5.32 Å². The molecule has 1 aliphatic carbocycles. The number of nitrogens with one attached hydrogen (secondary N) is 1. The van der Waals surface area contributed by atoms with Crippen molar-refractivity contribution in [3.63, 3.8) is 0 Å². The lowest BCUT2D eigenvalue weighted by Gasteiger charge is -2.30. The maximum absolute atomic E-state index is 5.85. The fourth-order valence-corrected chi connectivity index (χ4v) is 3.31. The molecular formula is C17H26BrNO. The van der Waals surface area contributed by atoms with Crippen molar-refractivity contribution in [3.05, 3.63) is 28.2 Å². The minimum absolute atomic E-state index is 0.654. The Morgan fingerprint density at radius 2 is 2.10 bits per heavy atom. The van der Waals surface area contributed by atoms with Crippen molar-refractivity contribution < 1.29 is 4.74 Å². The van der Waals surface area contributed by atoms with Gasteiger partial charge in [0.15, 0.2) is 0 Å². The quantitative estimate of drug-likeness (QED) is 0.795. The molecule has 3 heteroatoms. The van der Waals surface area contributed by atoms with Crippen LogP contribution in [-0.4, -0.2) is 12.6 Å². The van der Waals surface area contributed by atoms with Gasteiger partial charge in [-0.3, -0.25) is 0 Å². The highest BCUT2D eigenvalue weighted by Crippen LogP contribution is 2.26. The zero-order valence-electron chi connectivity index (χ0n) is 12.6. The Labute approximate surface area is 131 Å². The van der Waals surface area contributed by atoms with E-state index in [4.69, 9.17) is 4.74 Å². The molecule has 0 heterocycles. The maximum Gasteiger partial charge on any atom is 0.123 e. The highest BCUT2D eigenvalue weighted by molar-refractivity contribution is 9.10. The molecule has 0 aromatic heterocycles. The Hall–Kier alpha value is -0.540. The number of hydrogen-bond donors (Lipinski definition) is 1. The minimum atomic E-state index is 0.654. The summed E-state index contributed by atoms with van der Waals surface area (Å²) in [6, 6.07) is 6.95. The monoisotopic (exact) mass is 339 g/mol. The fraction of sp³-hybridized carbons (Fsp3) is 0.647. The van der Waals surface area contributed by atoms with Crippen LogP contribution in [0.15, 0.2) is 22.7 Å². The van der Waals surface area contributed by atoms with Gasteiger partial charge in [-0.25, -0.2) is 0 Å². The summed E-state index contributed by atoms with van der Waals surface area (Å²) in [4.78, 5) is 0. The predicted molar refractivity (Wildman–Crippen MR) is 88.2 cm³/mol. The van der Waals surface area contributed by atoms with Gasteiger partial charge in [-0.2, -0.15) is 0 Å². The van der Waals surface area contributed by atoms with Crippen molar-refractivity contribution in [3.8, 4) is 5.75 Å². The molecule has 2 unspecified atom stereocenters. The smallest absolute Gasteiger partial charge is 0.123 e. The summed E-state index contributed by atoms with van der Waals surface area (Å²) in [5, 5.41) is 3.73. The molecule has 1 fully saturated rings. The number of hydrogen-bond acceptors (Lipinski definition) is 2. The minimum Gasteiger partial charge on any atom is -0.493 e. The lowest BCUT2D eigenvalue weighted by molar-refractivity contribution is 0.275. The SMILES string of the molecule is CCCOc1ccc(Br)cc1CNC1CCCCC1C. The molecule has 1 aromatic rings. The summed E-state index contributed by atoms with van der Waals surface area (Å²) >= 11 is 3.56. The molecule has 2 nitrogen and oxygen atoms in total. The highest BCUT2D eigenvalue weighted by Gasteiger charge is 2.20. The van der Waals surface area contributed by atoms with Gasteiger partial charge in [0.05, 0.1) is 6.61 Å². The zero-order valence-corrected chi connectivity index (χ0v) is 14.2. The molecule has 2 rings (SSSR count). The Morgan fingerprint density at radius 1 is 1.30 bits per heavy atom. The molecule has 1 N–H and O–H groups in total. The first-order valence-electron chi connectivity index (χ1n) is 7.85. The van der Waals surface area contributed by atoms with Crippen LogP contribution in [0.1, 0.15) is 51.5 Å². The van der Waals surface area contributed by atoms with Crippen LogP contribution < -0.4 is 10.1 Å². The average molecular weight is 340 g/mol. The molecule has 0 saturated heterocycles. The second-order valence-electron chi connectivity index (χ2n) is 5.85. The lowest BCUT2D eigenvalue weighted by Crippen LogP contribution is -2.36. The van der Waals surface area contributed by atoms with Crippen LogP contribution in [0.2, 0.25) is 0 Å². The third-order valence-corrected chi connectivity index (χ3v) is 4.64. The van der Waals surface area contributed by atoms with E-state index >= 15 is 0 Å². The summed E-state index contributed by atoms with van der Waals surface area (Å²) in [6.07, 6.45) is 6.46. The van der Waals surface area contributed by atoms with Crippen molar-refractivity contribution >= 4 is 15.9 Å². The second-order valence-corrected chi connectivity index (χ2v) is 6.77.